The highest BCUT2D eigenvalue weighted by molar-refractivity contribution is 6.31. The zero-order chi connectivity index (χ0) is 19.6. The van der Waals surface area contributed by atoms with Crippen LogP contribution in [0.5, 0.6) is 0 Å². The molecule has 6 nitrogen and oxygen atoms in total. The number of nitrogens with one attached hydrogen (secondary N) is 1. The van der Waals surface area contributed by atoms with Crippen LogP contribution in [-0.4, -0.2) is 24.9 Å². The van der Waals surface area contributed by atoms with E-state index in [0.717, 1.165) is 12.1 Å². The first kappa shape index (κ1) is 19.5. The van der Waals surface area contributed by atoms with Crippen LogP contribution >= 0.6 is 11.6 Å². The molecule has 0 saturated heterocycles. The van der Waals surface area contributed by atoms with Crippen molar-refractivity contribution in [1.29, 1.82) is 0 Å². The summed E-state index contributed by atoms with van der Waals surface area (Å²) in [5.74, 6) is -0.784. The third kappa shape index (κ3) is 4.23. The van der Waals surface area contributed by atoms with Gasteiger partial charge in [0.05, 0.1) is 21.1 Å². The molecule has 138 valence electrons. The molecule has 0 aromatic heterocycles. The van der Waals surface area contributed by atoms with Crippen LogP contribution in [0.4, 0.5) is 30.2 Å². The summed E-state index contributed by atoms with van der Waals surface area (Å²) in [6.45, 7) is 0. The lowest BCUT2D eigenvalue weighted by molar-refractivity contribution is -0.384. The number of nitro benzene ring substituents is 1. The molecule has 10 heteroatoms. The molecule has 26 heavy (non-hydrogen) atoms. The summed E-state index contributed by atoms with van der Waals surface area (Å²) in [6, 6.07) is 6.60. The fraction of sp³-hybridized carbons (Fsp3) is 0.188. The van der Waals surface area contributed by atoms with E-state index in [0.29, 0.717) is 11.8 Å². The zero-order valence-corrected chi connectivity index (χ0v) is 14.4. The fourth-order valence-corrected chi connectivity index (χ4v) is 2.45. The number of amides is 1. The third-order valence-corrected chi connectivity index (χ3v) is 3.78. The topological polar surface area (TPSA) is 75.5 Å². The minimum absolute atomic E-state index is 0.0484. The number of hydrogen-bond acceptors (Lipinski definition) is 4. The Morgan fingerprint density at radius 2 is 1.85 bits per heavy atom. The summed E-state index contributed by atoms with van der Waals surface area (Å²) in [7, 11) is 3.25. The quantitative estimate of drug-likeness (QED) is 0.615. The predicted octanol–water partition coefficient (Wildman–Crippen LogP) is 4.59. The van der Waals surface area contributed by atoms with Crippen molar-refractivity contribution in [3.8, 4) is 0 Å². The van der Waals surface area contributed by atoms with Crippen LogP contribution in [0.25, 0.3) is 0 Å². The second-order valence-corrected chi connectivity index (χ2v) is 5.91. The molecular formula is C16H13ClF3N3O3. The normalized spacial score (nSPS) is 11.2. The highest BCUT2D eigenvalue weighted by Crippen LogP contribution is 2.36. The highest BCUT2D eigenvalue weighted by Gasteiger charge is 2.33. The van der Waals surface area contributed by atoms with E-state index in [1.807, 2.05) is 0 Å². The first-order chi connectivity index (χ1) is 12.0. The maximum Gasteiger partial charge on any atom is 0.417 e. The van der Waals surface area contributed by atoms with Gasteiger partial charge in [-0.05, 0) is 24.3 Å². The zero-order valence-electron chi connectivity index (χ0n) is 13.6. The predicted molar refractivity (Wildman–Crippen MR) is 91.8 cm³/mol. The van der Waals surface area contributed by atoms with E-state index >= 15 is 0 Å². The molecule has 0 saturated carbocycles. The van der Waals surface area contributed by atoms with Gasteiger partial charge in [-0.25, -0.2) is 0 Å². The van der Waals surface area contributed by atoms with E-state index < -0.39 is 27.6 Å². The lowest BCUT2D eigenvalue weighted by atomic mass is 10.1. The molecule has 2 aromatic rings. The van der Waals surface area contributed by atoms with Crippen LogP contribution in [0.15, 0.2) is 36.4 Å². The van der Waals surface area contributed by atoms with Crippen molar-refractivity contribution in [2.45, 2.75) is 6.18 Å². The molecule has 1 amide bonds. The molecule has 0 aliphatic heterocycles. The first-order valence-corrected chi connectivity index (χ1v) is 7.52. The molecule has 0 aliphatic rings. The monoisotopic (exact) mass is 387 g/mol. The molecule has 0 heterocycles. The molecule has 0 aliphatic carbocycles. The highest BCUT2D eigenvalue weighted by atomic mass is 35.5. The van der Waals surface area contributed by atoms with Gasteiger partial charge in [0.15, 0.2) is 0 Å². The molecule has 1 N–H and O–H groups in total. The standard InChI is InChI=1S/C16H13ClF3N3O3/c1-22(2)14-6-4-10(23(25)26)8-11(14)15(24)21-9-3-5-13(17)12(7-9)16(18,19)20/h3-8H,1-2H3,(H,21,24). The van der Waals surface area contributed by atoms with Gasteiger partial charge in [-0.15, -0.1) is 0 Å². The number of carbonyl (C=O) groups is 1. The van der Waals surface area contributed by atoms with E-state index in [-0.39, 0.29) is 16.9 Å². The SMILES string of the molecule is CN(C)c1ccc([N+](=O)[O-])cc1C(=O)Nc1ccc(Cl)c(C(F)(F)F)c1. The largest absolute Gasteiger partial charge is 0.417 e. The first-order valence-electron chi connectivity index (χ1n) is 7.14. The molecular weight excluding hydrogens is 375 g/mol. The lowest BCUT2D eigenvalue weighted by Crippen LogP contribution is -2.19. The number of nitro groups is 1. The maximum absolute atomic E-state index is 12.9. The van der Waals surface area contributed by atoms with Gasteiger partial charge in [-0.3, -0.25) is 14.9 Å². The molecule has 0 bridgehead atoms. The second kappa shape index (κ2) is 7.20. The van der Waals surface area contributed by atoms with Crippen molar-refractivity contribution in [3.63, 3.8) is 0 Å². The van der Waals surface area contributed by atoms with Crippen LogP contribution in [0.3, 0.4) is 0 Å². The van der Waals surface area contributed by atoms with E-state index in [1.54, 1.807) is 19.0 Å². The number of hydrogen-bond donors (Lipinski definition) is 1. The van der Waals surface area contributed by atoms with Crippen LogP contribution in [-0.2, 0) is 6.18 Å². The Morgan fingerprint density at radius 3 is 2.38 bits per heavy atom. The van der Waals surface area contributed by atoms with E-state index in [4.69, 9.17) is 11.6 Å². The van der Waals surface area contributed by atoms with Gasteiger partial charge < -0.3 is 10.2 Å². The van der Waals surface area contributed by atoms with Gasteiger partial charge in [0.2, 0.25) is 0 Å². The number of alkyl halides is 3. The van der Waals surface area contributed by atoms with E-state index in [1.165, 1.54) is 18.2 Å². The lowest BCUT2D eigenvalue weighted by Gasteiger charge is -2.17. The smallest absolute Gasteiger partial charge is 0.377 e. The van der Waals surface area contributed by atoms with Gasteiger partial charge in [-0.2, -0.15) is 13.2 Å². The Balaban J connectivity index is 2.42. The van der Waals surface area contributed by atoms with Crippen LogP contribution in [0.1, 0.15) is 15.9 Å². The number of halogens is 4. The molecule has 0 fully saturated rings. The van der Waals surface area contributed by atoms with Crippen molar-refractivity contribution < 1.29 is 22.9 Å². The van der Waals surface area contributed by atoms with Gasteiger partial charge in [0, 0.05) is 37.6 Å². The van der Waals surface area contributed by atoms with Gasteiger partial charge in [-0.1, -0.05) is 11.6 Å². The van der Waals surface area contributed by atoms with Crippen molar-refractivity contribution >= 4 is 34.6 Å². The number of carbonyl (C=O) groups excluding carboxylic acids is 1. The number of benzene rings is 2. The van der Waals surface area contributed by atoms with Crippen LogP contribution < -0.4 is 10.2 Å². The van der Waals surface area contributed by atoms with Crippen molar-refractivity contribution in [2.24, 2.45) is 0 Å². The molecule has 2 rings (SSSR count). The van der Waals surface area contributed by atoms with Gasteiger partial charge in [0.25, 0.3) is 11.6 Å². The van der Waals surface area contributed by atoms with Crippen LogP contribution in [0, 0.1) is 10.1 Å². The van der Waals surface area contributed by atoms with E-state index in [9.17, 15) is 28.1 Å². The minimum Gasteiger partial charge on any atom is -0.377 e. The molecule has 0 spiro atoms. The van der Waals surface area contributed by atoms with Crippen LogP contribution in [0.2, 0.25) is 5.02 Å². The Morgan fingerprint density at radius 1 is 1.19 bits per heavy atom. The average molecular weight is 388 g/mol. The van der Waals surface area contributed by atoms with Crippen molar-refractivity contribution in [1.82, 2.24) is 0 Å². The number of anilines is 2. The summed E-state index contributed by atoms with van der Waals surface area (Å²) in [4.78, 5) is 24.3. The number of rotatable bonds is 4. The van der Waals surface area contributed by atoms with Crippen molar-refractivity contribution in [2.75, 3.05) is 24.3 Å². The van der Waals surface area contributed by atoms with Gasteiger partial charge >= 0.3 is 6.18 Å². The Bertz CT molecular complexity index is 870. The minimum atomic E-state index is -4.68. The Hall–Kier alpha value is -2.81. The fourth-order valence-electron chi connectivity index (χ4n) is 2.23. The van der Waals surface area contributed by atoms with Crippen molar-refractivity contribution in [3.05, 3.63) is 62.7 Å². The summed E-state index contributed by atoms with van der Waals surface area (Å²) in [5.41, 5.74) is -1.22. The maximum atomic E-state index is 12.9. The molecule has 2 aromatic carbocycles. The summed E-state index contributed by atoms with van der Waals surface area (Å²) in [5, 5.41) is 12.7. The Labute approximate surface area is 151 Å². The number of nitrogens with zero attached hydrogens (tertiary/aromatic N) is 2. The average Bonchev–Trinajstić information content (AvgIpc) is 2.54. The summed E-state index contributed by atoms with van der Waals surface area (Å²) >= 11 is 5.54. The molecule has 0 radical (unpaired) electrons. The summed E-state index contributed by atoms with van der Waals surface area (Å²) in [6.07, 6.45) is -4.68. The Kier molecular flexibility index (Phi) is 5.41. The number of non-ortho nitro benzene ring substituents is 1. The molecule has 0 atom stereocenters. The van der Waals surface area contributed by atoms with Gasteiger partial charge in [0.1, 0.15) is 0 Å². The second-order valence-electron chi connectivity index (χ2n) is 5.50. The molecule has 0 unspecified atom stereocenters. The third-order valence-electron chi connectivity index (χ3n) is 3.45. The van der Waals surface area contributed by atoms with E-state index in [2.05, 4.69) is 5.32 Å². The summed E-state index contributed by atoms with van der Waals surface area (Å²) < 4.78 is 38.8.